The van der Waals surface area contributed by atoms with Crippen molar-refractivity contribution in [3.8, 4) is 5.69 Å². The number of rotatable bonds is 5. The summed E-state index contributed by atoms with van der Waals surface area (Å²) in [5.41, 5.74) is 3.71. The van der Waals surface area contributed by atoms with Crippen molar-refractivity contribution >= 4 is 17.4 Å². The number of benzene rings is 2. The zero-order valence-corrected chi connectivity index (χ0v) is 16.5. The lowest BCUT2D eigenvalue weighted by Crippen LogP contribution is -2.49. The normalized spacial score (nSPS) is 14.1. The first-order chi connectivity index (χ1) is 14.1. The van der Waals surface area contributed by atoms with Crippen molar-refractivity contribution in [2.45, 2.75) is 13.3 Å². The largest absolute Gasteiger partial charge is 0.368 e. The average Bonchev–Trinajstić information content (AvgIpc) is 3.23. The molecule has 0 N–H and O–H groups in total. The Bertz CT molecular complexity index is 987. The van der Waals surface area contributed by atoms with Crippen molar-refractivity contribution in [2.24, 2.45) is 0 Å². The predicted octanol–water partition coefficient (Wildman–Crippen LogP) is 2.97. The lowest BCUT2D eigenvalue weighted by Gasteiger charge is -2.36. The minimum absolute atomic E-state index is 0.0718. The van der Waals surface area contributed by atoms with Gasteiger partial charge < -0.3 is 9.80 Å². The Hall–Kier alpha value is -3.41. The molecule has 2 heterocycles. The van der Waals surface area contributed by atoms with Crippen molar-refractivity contribution in [3.05, 3.63) is 78.1 Å². The zero-order chi connectivity index (χ0) is 20.2. The van der Waals surface area contributed by atoms with Gasteiger partial charge in [-0.25, -0.2) is 4.68 Å². The summed E-state index contributed by atoms with van der Waals surface area (Å²) in [7, 11) is 0. The van der Waals surface area contributed by atoms with E-state index in [0.717, 1.165) is 35.6 Å². The van der Waals surface area contributed by atoms with E-state index in [2.05, 4.69) is 10.00 Å². The van der Waals surface area contributed by atoms with Gasteiger partial charge in [-0.2, -0.15) is 5.10 Å². The van der Waals surface area contributed by atoms with Crippen LogP contribution in [0.15, 0.2) is 67.0 Å². The molecule has 29 heavy (non-hydrogen) atoms. The van der Waals surface area contributed by atoms with E-state index < -0.39 is 0 Å². The van der Waals surface area contributed by atoms with E-state index in [1.807, 2.05) is 65.7 Å². The maximum absolute atomic E-state index is 12.7. The number of Topliss-reactive ketones (excluding diaryl/α,β-unsaturated/α-hetero) is 1. The number of hydrogen-bond donors (Lipinski definition) is 0. The van der Waals surface area contributed by atoms with E-state index in [9.17, 15) is 9.59 Å². The molecule has 0 aliphatic carbocycles. The molecule has 0 radical (unpaired) electrons. The third kappa shape index (κ3) is 4.37. The van der Waals surface area contributed by atoms with Crippen LogP contribution >= 0.6 is 0 Å². The molecule has 0 unspecified atom stereocenters. The second kappa shape index (κ2) is 8.31. The van der Waals surface area contributed by atoms with Gasteiger partial charge in [0.05, 0.1) is 18.3 Å². The summed E-state index contributed by atoms with van der Waals surface area (Å²) >= 11 is 0. The summed E-state index contributed by atoms with van der Waals surface area (Å²) in [6.07, 6.45) is 4.04. The number of para-hydroxylation sites is 1. The number of anilines is 1. The number of carbonyl (C=O) groups excluding carboxylic acids is 2. The lowest BCUT2D eigenvalue weighted by atomic mass is 10.1. The molecule has 6 heteroatoms. The van der Waals surface area contributed by atoms with Crippen LogP contribution in [0.1, 0.15) is 22.8 Å². The molecule has 1 aromatic heterocycles. The predicted molar refractivity (Wildman–Crippen MR) is 113 cm³/mol. The van der Waals surface area contributed by atoms with Crippen LogP contribution < -0.4 is 4.90 Å². The Kier molecular flexibility index (Phi) is 5.42. The van der Waals surface area contributed by atoms with Crippen LogP contribution in [0.2, 0.25) is 0 Å². The second-order valence-corrected chi connectivity index (χ2v) is 7.28. The van der Waals surface area contributed by atoms with Crippen LogP contribution in [0.3, 0.4) is 0 Å². The SMILES string of the molecule is CC(=O)c1ccc(N2CCN(C(=O)Cc3cnn(-c4ccccc4)c3)CC2)cc1. The van der Waals surface area contributed by atoms with E-state index >= 15 is 0 Å². The second-order valence-electron chi connectivity index (χ2n) is 7.28. The third-order valence-electron chi connectivity index (χ3n) is 5.28. The van der Waals surface area contributed by atoms with E-state index in [-0.39, 0.29) is 11.7 Å². The molecule has 0 bridgehead atoms. The van der Waals surface area contributed by atoms with Gasteiger partial charge in [-0.05, 0) is 48.9 Å². The van der Waals surface area contributed by atoms with Gasteiger partial charge in [0, 0.05) is 43.6 Å². The molecule has 6 nitrogen and oxygen atoms in total. The fourth-order valence-corrected chi connectivity index (χ4v) is 3.58. The molecule has 1 saturated heterocycles. The molecule has 148 valence electrons. The molecule has 0 saturated carbocycles. The molecule has 3 aromatic rings. The number of ketones is 1. The van der Waals surface area contributed by atoms with Gasteiger partial charge in [-0.1, -0.05) is 18.2 Å². The van der Waals surface area contributed by atoms with E-state index in [4.69, 9.17) is 0 Å². The zero-order valence-electron chi connectivity index (χ0n) is 16.5. The van der Waals surface area contributed by atoms with Crippen LogP contribution in [0, 0.1) is 0 Å². The van der Waals surface area contributed by atoms with E-state index in [0.29, 0.717) is 19.5 Å². The highest BCUT2D eigenvalue weighted by molar-refractivity contribution is 5.94. The Balaban J connectivity index is 1.32. The van der Waals surface area contributed by atoms with Crippen molar-refractivity contribution in [3.63, 3.8) is 0 Å². The summed E-state index contributed by atoms with van der Waals surface area (Å²) < 4.78 is 1.80. The number of aromatic nitrogens is 2. The van der Waals surface area contributed by atoms with E-state index in [1.165, 1.54) is 0 Å². The third-order valence-corrected chi connectivity index (χ3v) is 5.28. The number of nitrogens with zero attached hydrogens (tertiary/aromatic N) is 4. The average molecular weight is 388 g/mol. The topological polar surface area (TPSA) is 58.4 Å². The summed E-state index contributed by atoms with van der Waals surface area (Å²) in [4.78, 5) is 28.3. The van der Waals surface area contributed by atoms with Gasteiger partial charge in [-0.3, -0.25) is 9.59 Å². The maximum atomic E-state index is 12.7. The monoisotopic (exact) mass is 388 g/mol. The molecule has 1 aliphatic heterocycles. The van der Waals surface area contributed by atoms with Crippen LogP contribution in [-0.4, -0.2) is 52.5 Å². The minimum atomic E-state index is 0.0718. The maximum Gasteiger partial charge on any atom is 0.227 e. The van der Waals surface area contributed by atoms with Gasteiger partial charge >= 0.3 is 0 Å². The Morgan fingerprint density at radius 2 is 1.59 bits per heavy atom. The first kappa shape index (κ1) is 18.9. The highest BCUT2D eigenvalue weighted by Crippen LogP contribution is 2.18. The number of hydrogen-bond acceptors (Lipinski definition) is 4. The van der Waals surface area contributed by atoms with Crippen molar-refractivity contribution in [2.75, 3.05) is 31.1 Å². The summed E-state index contributed by atoms with van der Waals surface area (Å²) in [5, 5.41) is 4.37. The van der Waals surface area contributed by atoms with Gasteiger partial charge in [0.15, 0.2) is 5.78 Å². The Labute approximate surface area is 170 Å². The van der Waals surface area contributed by atoms with Crippen LogP contribution in [0.25, 0.3) is 5.69 Å². The summed E-state index contributed by atoms with van der Waals surface area (Å²) in [6, 6.07) is 17.6. The molecule has 0 spiro atoms. The quantitative estimate of drug-likeness (QED) is 0.631. The van der Waals surface area contributed by atoms with Crippen LogP contribution in [0.5, 0.6) is 0 Å². The fourth-order valence-electron chi connectivity index (χ4n) is 3.58. The van der Waals surface area contributed by atoms with Crippen LogP contribution in [-0.2, 0) is 11.2 Å². The minimum Gasteiger partial charge on any atom is -0.368 e. The molecule has 0 atom stereocenters. The van der Waals surface area contributed by atoms with Crippen LogP contribution in [0.4, 0.5) is 5.69 Å². The highest BCUT2D eigenvalue weighted by Gasteiger charge is 2.22. The smallest absolute Gasteiger partial charge is 0.227 e. The van der Waals surface area contributed by atoms with Crippen molar-refractivity contribution in [1.82, 2.24) is 14.7 Å². The first-order valence-electron chi connectivity index (χ1n) is 9.83. The molecule has 1 fully saturated rings. The van der Waals surface area contributed by atoms with Gasteiger partial charge in [0.2, 0.25) is 5.91 Å². The van der Waals surface area contributed by atoms with Crippen molar-refractivity contribution in [1.29, 1.82) is 0 Å². The molecule has 2 aromatic carbocycles. The molecule has 1 aliphatic rings. The van der Waals surface area contributed by atoms with Gasteiger partial charge in [0.1, 0.15) is 0 Å². The Morgan fingerprint density at radius 1 is 0.897 bits per heavy atom. The van der Waals surface area contributed by atoms with E-state index in [1.54, 1.807) is 17.8 Å². The lowest BCUT2D eigenvalue weighted by molar-refractivity contribution is -0.130. The summed E-state index contributed by atoms with van der Waals surface area (Å²) in [5.74, 6) is 0.201. The number of carbonyl (C=O) groups is 2. The molecular weight excluding hydrogens is 364 g/mol. The van der Waals surface area contributed by atoms with Gasteiger partial charge in [-0.15, -0.1) is 0 Å². The first-order valence-corrected chi connectivity index (χ1v) is 9.83. The molecular formula is C23H24N4O2. The fraction of sp³-hybridized carbons (Fsp3) is 0.261. The summed E-state index contributed by atoms with van der Waals surface area (Å²) in [6.45, 7) is 4.53. The van der Waals surface area contributed by atoms with Gasteiger partial charge in [0.25, 0.3) is 0 Å². The molecule has 4 rings (SSSR count). The molecule has 1 amide bonds. The Morgan fingerprint density at radius 3 is 2.24 bits per heavy atom. The number of amides is 1. The number of piperazine rings is 1. The van der Waals surface area contributed by atoms with Crippen molar-refractivity contribution < 1.29 is 9.59 Å². The highest BCUT2D eigenvalue weighted by atomic mass is 16.2. The standard InChI is InChI=1S/C23H24N4O2/c1-18(28)20-7-9-21(10-8-20)25-11-13-26(14-12-25)23(29)15-19-16-24-27(17-19)22-5-3-2-4-6-22/h2-10,16-17H,11-15H2,1H3.